The van der Waals surface area contributed by atoms with Gasteiger partial charge in [-0.3, -0.25) is 0 Å². The van der Waals surface area contributed by atoms with E-state index in [-0.39, 0.29) is 9.79 Å². The smallest absolute Gasteiger partial charge is 0.241 e. The lowest BCUT2D eigenvalue weighted by molar-refractivity contribution is 0.171. The lowest BCUT2D eigenvalue weighted by atomic mass is 10.1. The number of nitrogens with one attached hydrogen (secondary N) is 1. The monoisotopic (exact) mass is 397 g/mol. The van der Waals surface area contributed by atoms with Gasteiger partial charge in [0.1, 0.15) is 13.2 Å². The van der Waals surface area contributed by atoms with Gasteiger partial charge in [0.15, 0.2) is 21.3 Å². The molecule has 1 unspecified atom stereocenters. The summed E-state index contributed by atoms with van der Waals surface area (Å²) in [5.41, 5.74) is 0.727. The van der Waals surface area contributed by atoms with Crippen LogP contribution in [0.4, 0.5) is 0 Å². The minimum Gasteiger partial charge on any atom is -0.486 e. The first-order valence-electron chi connectivity index (χ1n) is 7.89. The highest BCUT2D eigenvalue weighted by atomic mass is 32.2. The van der Waals surface area contributed by atoms with Gasteiger partial charge >= 0.3 is 0 Å². The first kappa shape index (κ1) is 18.7. The molecule has 0 aliphatic carbocycles. The van der Waals surface area contributed by atoms with Crippen LogP contribution in [0, 0.1) is 0 Å². The number of rotatable bonds is 5. The van der Waals surface area contributed by atoms with Gasteiger partial charge in [-0.2, -0.15) is 0 Å². The molecule has 2 aromatic carbocycles. The molecule has 0 spiro atoms. The first-order chi connectivity index (χ1) is 12.2. The fourth-order valence-electron chi connectivity index (χ4n) is 2.56. The van der Waals surface area contributed by atoms with Crippen LogP contribution in [0.1, 0.15) is 18.5 Å². The number of fused-ring (bicyclic) bond motifs is 1. The van der Waals surface area contributed by atoms with Gasteiger partial charge in [-0.25, -0.2) is 21.6 Å². The quantitative estimate of drug-likeness (QED) is 0.827. The van der Waals surface area contributed by atoms with Crippen LogP contribution < -0.4 is 14.2 Å². The van der Waals surface area contributed by atoms with E-state index in [0.29, 0.717) is 24.7 Å². The third-order valence-electron chi connectivity index (χ3n) is 3.96. The molecule has 0 bridgehead atoms. The normalized spacial score (nSPS) is 15.5. The largest absolute Gasteiger partial charge is 0.486 e. The van der Waals surface area contributed by atoms with Crippen molar-refractivity contribution in [3.63, 3.8) is 0 Å². The minimum atomic E-state index is -3.81. The van der Waals surface area contributed by atoms with Crippen LogP contribution in [-0.2, 0) is 19.9 Å². The number of sulfonamides is 1. The van der Waals surface area contributed by atoms with E-state index >= 15 is 0 Å². The van der Waals surface area contributed by atoms with Gasteiger partial charge in [-0.1, -0.05) is 6.07 Å². The predicted octanol–water partition coefficient (Wildman–Crippen LogP) is 1.90. The summed E-state index contributed by atoms with van der Waals surface area (Å²) in [6.45, 7) is 2.65. The molecular weight excluding hydrogens is 378 g/mol. The highest BCUT2D eigenvalue weighted by molar-refractivity contribution is 7.90. The van der Waals surface area contributed by atoms with E-state index in [1.165, 1.54) is 24.3 Å². The molecule has 0 saturated heterocycles. The molecular formula is C17H19NO6S2. The van der Waals surface area contributed by atoms with Crippen LogP contribution in [0.5, 0.6) is 11.5 Å². The molecule has 2 aromatic rings. The second kappa shape index (κ2) is 6.90. The van der Waals surface area contributed by atoms with Gasteiger partial charge in [0.2, 0.25) is 10.0 Å². The van der Waals surface area contributed by atoms with Gasteiger partial charge in [-0.15, -0.1) is 0 Å². The molecule has 3 rings (SSSR count). The molecule has 0 amide bonds. The average Bonchev–Trinajstić information content (AvgIpc) is 2.60. The molecule has 7 nitrogen and oxygen atoms in total. The summed E-state index contributed by atoms with van der Waals surface area (Å²) in [6, 6.07) is 9.85. The maximum atomic E-state index is 12.5. The van der Waals surface area contributed by atoms with Crippen molar-refractivity contribution in [2.24, 2.45) is 0 Å². The number of hydrogen-bond acceptors (Lipinski definition) is 6. The SMILES string of the molecule is CC(NS(=O)(=O)c1ccc(S(C)(=O)=O)cc1)c1ccc2c(c1)OCCO2. The van der Waals surface area contributed by atoms with E-state index in [0.717, 1.165) is 11.8 Å². The molecule has 0 radical (unpaired) electrons. The first-order valence-corrected chi connectivity index (χ1v) is 11.3. The van der Waals surface area contributed by atoms with Crippen LogP contribution in [0.15, 0.2) is 52.3 Å². The Morgan fingerprint density at radius 2 is 1.46 bits per heavy atom. The molecule has 1 atom stereocenters. The second-order valence-corrected chi connectivity index (χ2v) is 9.72. The molecule has 140 valence electrons. The molecule has 26 heavy (non-hydrogen) atoms. The number of ether oxygens (including phenoxy) is 2. The predicted molar refractivity (Wildman–Crippen MR) is 95.7 cm³/mol. The van der Waals surface area contributed by atoms with Crippen molar-refractivity contribution in [3.8, 4) is 11.5 Å². The van der Waals surface area contributed by atoms with E-state index in [9.17, 15) is 16.8 Å². The van der Waals surface area contributed by atoms with Crippen molar-refractivity contribution in [3.05, 3.63) is 48.0 Å². The summed E-state index contributed by atoms with van der Waals surface area (Å²) >= 11 is 0. The number of hydrogen-bond donors (Lipinski definition) is 1. The van der Waals surface area contributed by atoms with Crippen LogP contribution in [0.3, 0.4) is 0 Å². The topological polar surface area (TPSA) is 98.8 Å². The Balaban J connectivity index is 1.80. The molecule has 9 heteroatoms. The molecule has 0 saturated carbocycles. The molecule has 1 N–H and O–H groups in total. The zero-order valence-corrected chi connectivity index (χ0v) is 15.9. The van der Waals surface area contributed by atoms with Gasteiger partial charge in [0.25, 0.3) is 0 Å². The van der Waals surface area contributed by atoms with Crippen LogP contribution in [-0.4, -0.2) is 36.3 Å². The number of benzene rings is 2. The van der Waals surface area contributed by atoms with E-state index < -0.39 is 25.9 Å². The van der Waals surface area contributed by atoms with Crippen molar-refractivity contribution in [2.45, 2.75) is 22.8 Å². The second-order valence-electron chi connectivity index (χ2n) is 5.99. The Hall–Kier alpha value is -2.10. The maximum Gasteiger partial charge on any atom is 0.241 e. The Kier molecular flexibility index (Phi) is 4.96. The Bertz CT molecular complexity index is 1010. The molecule has 1 aliphatic rings. The lowest BCUT2D eigenvalue weighted by Crippen LogP contribution is -2.27. The van der Waals surface area contributed by atoms with Crippen molar-refractivity contribution < 1.29 is 26.3 Å². The zero-order chi connectivity index (χ0) is 18.9. The average molecular weight is 397 g/mol. The fourth-order valence-corrected chi connectivity index (χ4v) is 4.43. The van der Waals surface area contributed by atoms with Crippen molar-refractivity contribution in [1.82, 2.24) is 4.72 Å². The summed E-state index contributed by atoms with van der Waals surface area (Å²) < 4.78 is 61.6. The highest BCUT2D eigenvalue weighted by Gasteiger charge is 2.21. The summed E-state index contributed by atoms with van der Waals surface area (Å²) in [5, 5.41) is 0. The third-order valence-corrected chi connectivity index (χ3v) is 6.65. The lowest BCUT2D eigenvalue weighted by Gasteiger charge is -2.21. The van der Waals surface area contributed by atoms with E-state index in [4.69, 9.17) is 9.47 Å². The summed E-state index contributed by atoms with van der Waals surface area (Å²) in [6.07, 6.45) is 1.07. The van der Waals surface area contributed by atoms with Crippen LogP contribution >= 0.6 is 0 Å². The zero-order valence-electron chi connectivity index (χ0n) is 14.3. The summed E-state index contributed by atoms with van der Waals surface area (Å²) in [5.74, 6) is 1.21. The van der Waals surface area contributed by atoms with Crippen molar-refractivity contribution >= 4 is 19.9 Å². The third kappa shape index (κ3) is 4.00. The fraction of sp³-hybridized carbons (Fsp3) is 0.294. The van der Waals surface area contributed by atoms with E-state index in [1.54, 1.807) is 25.1 Å². The van der Waals surface area contributed by atoms with Gasteiger partial charge in [0, 0.05) is 12.3 Å². The molecule has 0 fully saturated rings. The summed E-state index contributed by atoms with van der Waals surface area (Å²) in [7, 11) is -7.19. The van der Waals surface area contributed by atoms with E-state index in [1.807, 2.05) is 0 Å². The molecule has 1 heterocycles. The Labute approximate surface area is 152 Å². The Morgan fingerprint density at radius 1 is 0.885 bits per heavy atom. The molecule has 1 aliphatic heterocycles. The van der Waals surface area contributed by atoms with Crippen molar-refractivity contribution in [1.29, 1.82) is 0 Å². The number of sulfone groups is 1. The van der Waals surface area contributed by atoms with Crippen LogP contribution in [0.25, 0.3) is 0 Å². The van der Waals surface area contributed by atoms with Gasteiger partial charge in [0.05, 0.1) is 9.79 Å². The van der Waals surface area contributed by atoms with Gasteiger partial charge in [-0.05, 0) is 48.9 Å². The standard InChI is InChI=1S/C17H19NO6S2/c1-12(13-3-8-16-17(11-13)24-10-9-23-16)18-26(21,22)15-6-4-14(5-7-15)25(2,19)20/h3-8,11-12,18H,9-10H2,1-2H3. The van der Waals surface area contributed by atoms with Gasteiger partial charge < -0.3 is 9.47 Å². The van der Waals surface area contributed by atoms with E-state index in [2.05, 4.69) is 4.72 Å². The highest BCUT2D eigenvalue weighted by Crippen LogP contribution is 2.33. The summed E-state index contributed by atoms with van der Waals surface area (Å²) in [4.78, 5) is 0.0608. The minimum absolute atomic E-state index is 0.00528. The maximum absolute atomic E-state index is 12.5. The molecule has 0 aromatic heterocycles. The Morgan fingerprint density at radius 3 is 2.08 bits per heavy atom. The van der Waals surface area contributed by atoms with Crippen molar-refractivity contribution in [2.75, 3.05) is 19.5 Å². The van der Waals surface area contributed by atoms with Crippen LogP contribution in [0.2, 0.25) is 0 Å².